The minimum Gasteiger partial charge on any atom is -1.00 e. The number of rotatable bonds is 17. The average molecular weight is 663 g/mol. The molecule has 2 heterocycles. The molecule has 4 rings (SSSR count). The fraction of sp³-hybridized carbons (Fsp3) is 0.514. The third kappa shape index (κ3) is 8.89. The Kier molecular flexibility index (Phi) is 14.5. The molecule has 0 atom stereocenters. The normalized spacial score (nSPS) is 12.7. The van der Waals surface area contributed by atoms with Gasteiger partial charge in [0.25, 0.3) is 0 Å². The molecule has 0 radical (unpaired) electrons. The van der Waals surface area contributed by atoms with E-state index in [0.29, 0.717) is 18.7 Å². The van der Waals surface area contributed by atoms with Crippen molar-refractivity contribution in [2.75, 3.05) is 20.3 Å². The van der Waals surface area contributed by atoms with Crippen molar-refractivity contribution < 1.29 is 39.8 Å². The number of unbranched alkanes of at least 4 members (excludes halogenated alkanes) is 8. The van der Waals surface area contributed by atoms with Gasteiger partial charge in [-0.15, -0.1) is 0 Å². The van der Waals surface area contributed by atoms with Crippen LogP contribution in [0.15, 0.2) is 41.1 Å². The van der Waals surface area contributed by atoms with E-state index in [2.05, 4.69) is 41.3 Å². The van der Waals surface area contributed by atoms with Crippen LogP contribution < -0.4 is 26.5 Å². The van der Waals surface area contributed by atoms with Gasteiger partial charge in [-0.1, -0.05) is 65.2 Å². The van der Waals surface area contributed by atoms with E-state index in [-0.39, 0.29) is 22.8 Å². The van der Waals surface area contributed by atoms with E-state index in [1.807, 2.05) is 0 Å². The van der Waals surface area contributed by atoms with E-state index < -0.39 is 5.82 Å². The number of thiophene rings is 1. The lowest BCUT2D eigenvalue weighted by Gasteiger charge is -2.25. The SMILES string of the molecule is CCCCCCCCOc1c2c(cc(-c3ccsc3)c1OC)C(CCCCCC)=[N+](Cc1cc(F)ccc1F)CC2.[Br-]. The van der Waals surface area contributed by atoms with Crippen molar-refractivity contribution >= 4 is 17.0 Å². The van der Waals surface area contributed by atoms with Crippen molar-refractivity contribution in [3.05, 3.63) is 69.4 Å². The van der Waals surface area contributed by atoms with E-state index in [1.165, 1.54) is 68.0 Å². The Labute approximate surface area is 265 Å². The van der Waals surface area contributed by atoms with Crippen LogP contribution in [0.5, 0.6) is 11.5 Å². The highest BCUT2D eigenvalue weighted by molar-refractivity contribution is 7.08. The maximum atomic E-state index is 14.7. The summed E-state index contributed by atoms with van der Waals surface area (Å²) in [5.41, 5.74) is 6.05. The Balaban J connectivity index is 0.00000484. The van der Waals surface area contributed by atoms with Crippen molar-refractivity contribution in [2.24, 2.45) is 0 Å². The molecule has 0 aliphatic carbocycles. The molecule has 1 aliphatic rings. The van der Waals surface area contributed by atoms with Gasteiger partial charge in [-0.3, -0.25) is 0 Å². The molecule has 0 saturated heterocycles. The molecule has 230 valence electrons. The summed E-state index contributed by atoms with van der Waals surface area (Å²) in [6, 6.07) is 8.12. The lowest BCUT2D eigenvalue weighted by molar-refractivity contribution is -0.546. The van der Waals surface area contributed by atoms with Gasteiger partial charge in [0.2, 0.25) is 0 Å². The number of halogens is 3. The van der Waals surface area contributed by atoms with Crippen molar-refractivity contribution in [1.82, 2.24) is 0 Å². The molecular formula is C35H46BrF2NO2S. The summed E-state index contributed by atoms with van der Waals surface area (Å²) in [6.07, 6.45) is 13.4. The highest BCUT2D eigenvalue weighted by Gasteiger charge is 2.32. The van der Waals surface area contributed by atoms with Crippen molar-refractivity contribution in [1.29, 1.82) is 0 Å². The molecule has 0 unspecified atom stereocenters. The van der Waals surface area contributed by atoms with E-state index in [9.17, 15) is 8.78 Å². The van der Waals surface area contributed by atoms with E-state index >= 15 is 0 Å². The summed E-state index contributed by atoms with van der Waals surface area (Å²) in [5, 5.41) is 4.23. The lowest BCUT2D eigenvalue weighted by atomic mass is 9.88. The average Bonchev–Trinajstić information content (AvgIpc) is 3.52. The lowest BCUT2D eigenvalue weighted by Crippen LogP contribution is -3.00. The van der Waals surface area contributed by atoms with Crippen LogP contribution in [-0.2, 0) is 13.0 Å². The number of methoxy groups -OCH3 is 1. The van der Waals surface area contributed by atoms with Gasteiger partial charge in [0.15, 0.2) is 23.8 Å². The summed E-state index contributed by atoms with van der Waals surface area (Å²) < 4.78 is 43.7. The van der Waals surface area contributed by atoms with Crippen molar-refractivity contribution in [3.63, 3.8) is 0 Å². The molecule has 42 heavy (non-hydrogen) atoms. The van der Waals surface area contributed by atoms with Crippen LogP contribution in [0, 0.1) is 11.6 Å². The Morgan fingerprint density at radius 2 is 1.60 bits per heavy atom. The topological polar surface area (TPSA) is 21.5 Å². The van der Waals surface area contributed by atoms with Gasteiger partial charge in [0.05, 0.1) is 19.3 Å². The minimum atomic E-state index is -0.404. The van der Waals surface area contributed by atoms with Crippen molar-refractivity contribution in [2.45, 2.75) is 97.4 Å². The molecule has 3 aromatic rings. The van der Waals surface area contributed by atoms with Gasteiger partial charge in [-0.2, -0.15) is 11.3 Å². The number of hydrogen-bond acceptors (Lipinski definition) is 3. The third-order valence-corrected chi connectivity index (χ3v) is 8.76. The molecule has 0 bridgehead atoms. The first kappa shape index (κ1) is 34.2. The van der Waals surface area contributed by atoms with Gasteiger partial charge in [-0.25, -0.2) is 13.4 Å². The van der Waals surface area contributed by atoms with Crippen LogP contribution >= 0.6 is 11.3 Å². The first-order chi connectivity index (χ1) is 20.1. The van der Waals surface area contributed by atoms with Gasteiger partial charge < -0.3 is 26.5 Å². The Bertz CT molecular complexity index is 1290. The molecule has 0 spiro atoms. The summed E-state index contributed by atoms with van der Waals surface area (Å²) >= 11 is 1.66. The third-order valence-electron chi connectivity index (χ3n) is 8.08. The van der Waals surface area contributed by atoms with Gasteiger partial charge in [-0.05, 0) is 59.5 Å². The Hall–Kier alpha value is -2.25. The van der Waals surface area contributed by atoms with E-state index in [1.54, 1.807) is 18.4 Å². The second-order valence-corrected chi connectivity index (χ2v) is 11.9. The smallest absolute Gasteiger partial charge is 0.184 e. The molecule has 0 saturated carbocycles. The number of benzene rings is 2. The zero-order valence-corrected chi connectivity index (χ0v) is 27.9. The highest BCUT2D eigenvalue weighted by atomic mass is 79.9. The predicted molar refractivity (Wildman–Crippen MR) is 167 cm³/mol. The first-order valence-corrected chi connectivity index (χ1v) is 16.5. The first-order valence-electron chi connectivity index (χ1n) is 15.5. The molecular weight excluding hydrogens is 616 g/mol. The molecule has 0 amide bonds. The molecule has 1 aromatic heterocycles. The van der Waals surface area contributed by atoms with Crippen LogP contribution in [0.4, 0.5) is 8.78 Å². The molecule has 0 fully saturated rings. The number of hydrogen-bond donors (Lipinski definition) is 0. The van der Waals surface area contributed by atoms with Gasteiger partial charge >= 0.3 is 0 Å². The molecule has 2 aromatic carbocycles. The quantitative estimate of drug-likeness (QED) is 0.115. The number of fused-ring (bicyclic) bond motifs is 1. The van der Waals surface area contributed by atoms with E-state index in [4.69, 9.17) is 9.47 Å². The second-order valence-electron chi connectivity index (χ2n) is 11.1. The Morgan fingerprint density at radius 1 is 0.857 bits per heavy atom. The number of ether oxygens (including phenoxy) is 2. The zero-order chi connectivity index (χ0) is 29.0. The van der Waals surface area contributed by atoms with Gasteiger partial charge in [0.1, 0.15) is 18.2 Å². The van der Waals surface area contributed by atoms with Crippen LogP contribution in [0.3, 0.4) is 0 Å². The van der Waals surface area contributed by atoms with Crippen LogP contribution in [0.25, 0.3) is 11.1 Å². The predicted octanol–water partition coefficient (Wildman–Crippen LogP) is 6.97. The molecule has 1 aliphatic heterocycles. The van der Waals surface area contributed by atoms with Crippen LogP contribution in [0.2, 0.25) is 0 Å². The summed E-state index contributed by atoms with van der Waals surface area (Å²) in [4.78, 5) is 0. The maximum absolute atomic E-state index is 14.7. The van der Waals surface area contributed by atoms with Crippen LogP contribution in [0.1, 0.15) is 101 Å². The number of nitrogens with zero attached hydrogens (tertiary/aromatic N) is 1. The fourth-order valence-corrected chi connectivity index (χ4v) is 6.49. The van der Waals surface area contributed by atoms with E-state index in [0.717, 1.165) is 73.3 Å². The Morgan fingerprint density at radius 3 is 2.31 bits per heavy atom. The molecule has 0 N–H and O–H groups in total. The second kappa shape index (κ2) is 17.8. The maximum Gasteiger partial charge on any atom is 0.184 e. The highest BCUT2D eigenvalue weighted by Crippen LogP contribution is 2.45. The summed E-state index contributed by atoms with van der Waals surface area (Å²) in [5.74, 6) is 0.878. The minimum absolute atomic E-state index is 0. The summed E-state index contributed by atoms with van der Waals surface area (Å²) in [6.45, 7) is 6.19. The molecule has 3 nitrogen and oxygen atoms in total. The summed E-state index contributed by atoms with van der Waals surface area (Å²) in [7, 11) is 1.73. The van der Waals surface area contributed by atoms with Crippen molar-refractivity contribution in [3.8, 4) is 22.6 Å². The standard InChI is InChI=1S/C35H46F2NO2S.BrH/c1-4-6-8-10-11-13-20-40-35-29-17-19-38(24-27-22-28(36)15-16-32(27)37)33(14-12-9-7-5-2)31(29)23-30(34(35)39-3)26-18-21-41-25-26;/h15-16,18,21-23,25H,4-14,17,19-20,24H2,1-3H3;1H/q+1;/p-1. The zero-order valence-electron chi connectivity index (χ0n) is 25.5. The molecule has 7 heteroatoms. The monoisotopic (exact) mass is 661 g/mol. The van der Waals surface area contributed by atoms with Crippen LogP contribution in [-0.4, -0.2) is 30.5 Å². The largest absolute Gasteiger partial charge is 1.00 e. The van der Waals surface area contributed by atoms with Gasteiger partial charge in [0, 0.05) is 29.5 Å². The fourth-order valence-electron chi connectivity index (χ4n) is 5.84.